The third-order valence-electron chi connectivity index (χ3n) is 4.10. The summed E-state index contributed by atoms with van der Waals surface area (Å²) in [6.45, 7) is 1.06. The predicted octanol–water partition coefficient (Wildman–Crippen LogP) is 4.12. The summed E-state index contributed by atoms with van der Waals surface area (Å²) in [4.78, 5) is 0. The van der Waals surface area contributed by atoms with Crippen LogP contribution in [0, 0.1) is 5.92 Å². The van der Waals surface area contributed by atoms with Crippen molar-refractivity contribution >= 4 is 5.69 Å². The number of benzene rings is 1. The van der Waals surface area contributed by atoms with Crippen molar-refractivity contribution in [2.24, 2.45) is 5.92 Å². The first-order valence-corrected chi connectivity index (χ1v) is 7.52. The third kappa shape index (κ3) is 3.38. The normalized spacial score (nSPS) is 16.2. The van der Waals surface area contributed by atoms with Gasteiger partial charge in [-0.1, -0.05) is 32.1 Å². The van der Waals surface area contributed by atoms with E-state index in [1.54, 1.807) is 0 Å². The number of anilines is 1. The van der Waals surface area contributed by atoms with Crippen molar-refractivity contribution in [3.63, 3.8) is 0 Å². The lowest BCUT2D eigenvalue weighted by atomic mass is 9.87. The van der Waals surface area contributed by atoms with Crippen LogP contribution >= 0.6 is 0 Å². The second-order valence-corrected chi connectivity index (χ2v) is 5.54. The number of aromatic nitrogens is 2. The van der Waals surface area contributed by atoms with Gasteiger partial charge >= 0.3 is 0 Å². The number of hydrogen-bond donors (Lipinski definition) is 1. The van der Waals surface area contributed by atoms with Gasteiger partial charge in [0, 0.05) is 17.8 Å². The predicted molar refractivity (Wildman–Crippen MR) is 79.4 cm³/mol. The Morgan fingerprint density at radius 3 is 2.60 bits per heavy atom. The van der Waals surface area contributed by atoms with Gasteiger partial charge in [-0.25, -0.2) is 0 Å². The topological polar surface area (TPSA) is 51.0 Å². The van der Waals surface area contributed by atoms with Crippen LogP contribution in [0.5, 0.6) is 0 Å². The second-order valence-electron chi connectivity index (χ2n) is 5.54. The molecule has 4 heteroatoms. The van der Waals surface area contributed by atoms with Gasteiger partial charge in [0.05, 0.1) is 0 Å². The van der Waals surface area contributed by atoms with Crippen LogP contribution in [0.15, 0.2) is 35.1 Å². The fourth-order valence-electron chi connectivity index (χ4n) is 2.93. The zero-order chi connectivity index (χ0) is 13.6. The molecule has 0 bridgehead atoms. The fraction of sp³-hybridized carbons (Fsp3) is 0.500. The van der Waals surface area contributed by atoms with E-state index in [-0.39, 0.29) is 0 Å². The van der Waals surface area contributed by atoms with Gasteiger partial charge in [-0.2, -0.15) is 0 Å². The molecular weight excluding hydrogens is 250 g/mol. The molecule has 1 aliphatic rings. The van der Waals surface area contributed by atoms with E-state index in [9.17, 15) is 0 Å². The average molecular weight is 271 g/mol. The quantitative estimate of drug-likeness (QED) is 0.888. The van der Waals surface area contributed by atoms with Crippen molar-refractivity contribution in [1.29, 1.82) is 0 Å². The van der Waals surface area contributed by atoms with Crippen molar-refractivity contribution in [3.05, 3.63) is 30.7 Å². The molecule has 4 nitrogen and oxygen atoms in total. The van der Waals surface area contributed by atoms with Crippen LogP contribution in [0.3, 0.4) is 0 Å². The molecule has 0 saturated heterocycles. The summed E-state index contributed by atoms with van der Waals surface area (Å²) in [6.07, 6.45) is 9.74. The molecule has 0 aliphatic heterocycles. The Bertz CT molecular complexity index is 501. The van der Waals surface area contributed by atoms with Gasteiger partial charge in [0.15, 0.2) is 0 Å². The summed E-state index contributed by atoms with van der Waals surface area (Å²) in [5, 5.41) is 11.1. The highest BCUT2D eigenvalue weighted by Crippen LogP contribution is 2.26. The van der Waals surface area contributed by atoms with Gasteiger partial charge in [-0.15, -0.1) is 10.2 Å². The van der Waals surface area contributed by atoms with E-state index in [1.807, 2.05) is 12.1 Å². The molecule has 1 fully saturated rings. The van der Waals surface area contributed by atoms with Crippen LogP contribution in [-0.2, 0) is 0 Å². The Labute approximate surface area is 119 Å². The molecule has 0 radical (unpaired) electrons. The first-order chi connectivity index (χ1) is 9.92. The van der Waals surface area contributed by atoms with Crippen molar-refractivity contribution in [3.8, 4) is 11.5 Å². The van der Waals surface area contributed by atoms with E-state index in [2.05, 4.69) is 27.6 Å². The van der Waals surface area contributed by atoms with Crippen LogP contribution in [0.2, 0.25) is 0 Å². The summed E-state index contributed by atoms with van der Waals surface area (Å²) in [7, 11) is 0. The summed E-state index contributed by atoms with van der Waals surface area (Å²) >= 11 is 0. The van der Waals surface area contributed by atoms with Gasteiger partial charge in [-0.3, -0.25) is 0 Å². The number of hydrogen-bond acceptors (Lipinski definition) is 4. The second kappa shape index (κ2) is 6.55. The standard InChI is InChI=1S/C16H21N3O/c1-2-4-13(5-3-1)10-11-17-15-8-6-14(7-9-15)16-19-18-12-20-16/h6-9,12-13,17H,1-5,10-11H2. The SMILES string of the molecule is c1nnc(-c2ccc(NCCC3CCCCC3)cc2)o1. The average Bonchev–Trinajstić information content (AvgIpc) is 3.03. The Kier molecular flexibility index (Phi) is 4.31. The Hall–Kier alpha value is -1.84. The lowest BCUT2D eigenvalue weighted by Crippen LogP contribution is -2.12. The minimum absolute atomic E-state index is 0.568. The number of rotatable bonds is 5. The first-order valence-electron chi connectivity index (χ1n) is 7.52. The summed E-state index contributed by atoms with van der Waals surface area (Å²) in [5.74, 6) is 1.49. The Balaban J connectivity index is 1.48. The fourth-order valence-corrected chi connectivity index (χ4v) is 2.93. The molecule has 1 aromatic heterocycles. The minimum atomic E-state index is 0.568. The maximum Gasteiger partial charge on any atom is 0.247 e. The highest BCUT2D eigenvalue weighted by molar-refractivity contribution is 5.57. The molecule has 0 spiro atoms. The maximum absolute atomic E-state index is 5.18. The third-order valence-corrected chi connectivity index (χ3v) is 4.10. The molecule has 2 aromatic rings. The zero-order valence-corrected chi connectivity index (χ0v) is 11.7. The largest absolute Gasteiger partial charge is 0.423 e. The molecule has 0 atom stereocenters. The summed E-state index contributed by atoms with van der Waals surface area (Å²) < 4.78 is 5.18. The Morgan fingerprint density at radius 1 is 1.10 bits per heavy atom. The van der Waals surface area contributed by atoms with E-state index in [0.29, 0.717) is 5.89 Å². The first kappa shape index (κ1) is 13.2. The molecular formula is C16H21N3O. The Morgan fingerprint density at radius 2 is 1.90 bits per heavy atom. The van der Waals surface area contributed by atoms with Gasteiger partial charge in [0.1, 0.15) is 0 Å². The maximum atomic E-state index is 5.18. The van der Waals surface area contributed by atoms with Crippen LogP contribution in [0.4, 0.5) is 5.69 Å². The number of nitrogens with zero attached hydrogens (tertiary/aromatic N) is 2. The van der Waals surface area contributed by atoms with Crippen LogP contribution in [0.25, 0.3) is 11.5 Å². The van der Waals surface area contributed by atoms with E-state index in [4.69, 9.17) is 4.42 Å². The molecule has 0 amide bonds. The summed E-state index contributed by atoms with van der Waals surface area (Å²) in [6, 6.07) is 8.16. The van der Waals surface area contributed by atoms with Crippen LogP contribution < -0.4 is 5.32 Å². The lowest BCUT2D eigenvalue weighted by Gasteiger charge is -2.21. The van der Waals surface area contributed by atoms with E-state index >= 15 is 0 Å². The summed E-state index contributed by atoms with van der Waals surface area (Å²) in [5.41, 5.74) is 2.12. The molecule has 0 unspecified atom stereocenters. The zero-order valence-electron chi connectivity index (χ0n) is 11.7. The molecule has 1 N–H and O–H groups in total. The van der Waals surface area contributed by atoms with Gasteiger partial charge < -0.3 is 9.73 Å². The van der Waals surface area contributed by atoms with E-state index < -0.39 is 0 Å². The van der Waals surface area contributed by atoms with Crippen molar-refractivity contribution < 1.29 is 4.42 Å². The molecule has 1 aliphatic carbocycles. The van der Waals surface area contributed by atoms with Gasteiger partial charge in [-0.05, 0) is 36.6 Å². The highest BCUT2D eigenvalue weighted by atomic mass is 16.4. The molecule has 20 heavy (non-hydrogen) atoms. The monoisotopic (exact) mass is 271 g/mol. The highest BCUT2D eigenvalue weighted by Gasteiger charge is 2.12. The van der Waals surface area contributed by atoms with Crippen molar-refractivity contribution in [1.82, 2.24) is 10.2 Å². The van der Waals surface area contributed by atoms with Crippen LogP contribution in [0.1, 0.15) is 38.5 Å². The lowest BCUT2D eigenvalue weighted by molar-refractivity contribution is 0.345. The van der Waals surface area contributed by atoms with Crippen LogP contribution in [-0.4, -0.2) is 16.7 Å². The molecule has 1 saturated carbocycles. The van der Waals surface area contributed by atoms with Gasteiger partial charge in [0.2, 0.25) is 12.3 Å². The molecule has 3 rings (SSSR count). The van der Waals surface area contributed by atoms with E-state index in [1.165, 1.54) is 44.9 Å². The molecule has 106 valence electrons. The smallest absolute Gasteiger partial charge is 0.247 e. The van der Waals surface area contributed by atoms with Gasteiger partial charge in [0.25, 0.3) is 0 Å². The van der Waals surface area contributed by atoms with Crippen molar-refractivity contribution in [2.45, 2.75) is 38.5 Å². The minimum Gasteiger partial charge on any atom is -0.423 e. The van der Waals surface area contributed by atoms with Crippen molar-refractivity contribution in [2.75, 3.05) is 11.9 Å². The van der Waals surface area contributed by atoms with E-state index in [0.717, 1.165) is 23.7 Å². The molecule has 1 heterocycles. The number of nitrogens with one attached hydrogen (secondary N) is 1. The molecule has 1 aromatic carbocycles.